The SMILES string of the molecule is Cn1nccc1CCC(Cc1ccccc1Cl)C(=O)O. The van der Waals surface area contributed by atoms with Crippen LogP contribution < -0.4 is 0 Å². The number of aromatic nitrogens is 2. The number of aryl methyl sites for hydroxylation is 2. The molecule has 20 heavy (non-hydrogen) atoms. The molecule has 1 heterocycles. The van der Waals surface area contributed by atoms with Crippen LogP contribution in [-0.4, -0.2) is 20.9 Å². The Kier molecular flexibility index (Phi) is 4.79. The lowest BCUT2D eigenvalue weighted by Gasteiger charge is -2.13. The zero-order valence-corrected chi connectivity index (χ0v) is 12.0. The number of aliphatic carboxylic acids is 1. The van der Waals surface area contributed by atoms with Crippen LogP contribution in [0.4, 0.5) is 0 Å². The lowest BCUT2D eigenvalue weighted by atomic mass is 9.94. The number of rotatable bonds is 6. The van der Waals surface area contributed by atoms with Crippen LogP contribution in [0.3, 0.4) is 0 Å². The van der Waals surface area contributed by atoms with E-state index in [0.717, 1.165) is 11.3 Å². The van der Waals surface area contributed by atoms with E-state index in [1.165, 1.54) is 0 Å². The van der Waals surface area contributed by atoms with Crippen LogP contribution in [0.1, 0.15) is 17.7 Å². The van der Waals surface area contributed by atoms with E-state index in [0.29, 0.717) is 24.3 Å². The third-order valence-corrected chi connectivity index (χ3v) is 3.81. The van der Waals surface area contributed by atoms with Gasteiger partial charge in [-0.05, 0) is 37.0 Å². The Morgan fingerprint density at radius 1 is 1.40 bits per heavy atom. The first-order valence-electron chi connectivity index (χ1n) is 6.51. The fraction of sp³-hybridized carbons (Fsp3) is 0.333. The van der Waals surface area contributed by atoms with E-state index in [1.807, 2.05) is 31.3 Å². The van der Waals surface area contributed by atoms with E-state index >= 15 is 0 Å². The van der Waals surface area contributed by atoms with Crippen molar-refractivity contribution in [1.82, 2.24) is 9.78 Å². The van der Waals surface area contributed by atoms with Gasteiger partial charge in [-0.3, -0.25) is 9.48 Å². The maximum Gasteiger partial charge on any atom is 0.306 e. The molecule has 0 saturated carbocycles. The third-order valence-electron chi connectivity index (χ3n) is 3.44. The molecule has 1 N–H and O–H groups in total. The van der Waals surface area contributed by atoms with Gasteiger partial charge >= 0.3 is 5.97 Å². The van der Waals surface area contributed by atoms with Gasteiger partial charge in [-0.15, -0.1) is 0 Å². The predicted octanol–water partition coefficient (Wildman–Crippen LogP) is 2.95. The fourth-order valence-electron chi connectivity index (χ4n) is 2.21. The molecule has 1 aromatic heterocycles. The molecule has 5 heteroatoms. The molecule has 0 aliphatic rings. The number of hydrogen-bond donors (Lipinski definition) is 1. The number of halogens is 1. The molecule has 1 atom stereocenters. The van der Waals surface area contributed by atoms with E-state index in [2.05, 4.69) is 5.10 Å². The van der Waals surface area contributed by atoms with Gasteiger partial charge in [0.15, 0.2) is 0 Å². The molecule has 2 aromatic rings. The topological polar surface area (TPSA) is 55.1 Å². The summed E-state index contributed by atoms with van der Waals surface area (Å²) in [7, 11) is 1.86. The molecule has 0 amide bonds. The molecule has 2 rings (SSSR count). The van der Waals surface area contributed by atoms with Crippen LogP contribution in [0, 0.1) is 5.92 Å². The van der Waals surface area contributed by atoms with Crippen LogP contribution in [0.5, 0.6) is 0 Å². The molecular weight excluding hydrogens is 276 g/mol. The van der Waals surface area contributed by atoms with Crippen LogP contribution in [-0.2, 0) is 24.7 Å². The van der Waals surface area contributed by atoms with Crippen molar-refractivity contribution in [2.45, 2.75) is 19.3 Å². The summed E-state index contributed by atoms with van der Waals surface area (Å²) in [6, 6.07) is 9.30. The average molecular weight is 293 g/mol. The highest BCUT2D eigenvalue weighted by molar-refractivity contribution is 6.31. The zero-order chi connectivity index (χ0) is 14.5. The Morgan fingerprint density at radius 3 is 2.75 bits per heavy atom. The lowest BCUT2D eigenvalue weighted by molar-refractivity contribution is -0.141. The number of benzene rings is 1. The minimum atomic E-state index is -0.785. The first-order valence-corrected chi connectivity index (χ1v) is 6.89. The van der Waals surface area contributed by atoms with Gasteiger partial charge in [-0.1, -0.05) is 29.8 Å². The smallest absolute Gasteiger partial charge is 0.306 e. The summed E-state index contributed by atoms with van der Waals surface area (Å²) in [4.78, 5) is 11.4. The summed E-state index contributed by atoms with van der Waals surface area (Å²) in [5, 5.41) is 14.1. The van der Waals surface area contributed by atoms with Crippen molar-refractivity contribution in [3.05, 3.63) is 52.8 Å². The highest BCUT2D eigenvalue weighted by atomic mass is 35.5. The summed E-state index contributed by atoms with van der Waals surface area (Å²) in [5.41, 5.74) is 1.92. The molecule has 0 aliphatic carbocycles. The highest BCUT2D eigenvalue weighted by Crippen LogP contribution is 2.21. The Balaban J connectivity index is 2.03. The minimum absolute atomic E-state index is 0.440. The van der Waals surface area contributed by atoms with E-state index in [1.54, 1.807) is 16.9 Å². The second-order valence-electron chi connectivity index (χ2n) is 4.82. The molecule has 0 bridgehead atoms. The van der Waals surface area contributed by atoms with Gasteiger partial charge in [0.25, 0.3) is 0 Å². The van der Waals surface area contributed by atoms with Crippen molar-refractivity contribution in [3.63, 3.8) is 0 Å². The van der Waals surface area contributed by atoms with Gasteiger partial charge in [0.05, 0.1) is 5.92 Å². The van der Waals surface area contributed by atoms with Crippen molar-refractivity contribution >= 4 is 17.6 Å². The van der Waals surface area contributed by atoms with Gasteiger partial charge in [0, 0.05) is 24.0 Å². The van der Waals surface area contributed by atoms with Crippen LogP contribution in [0.15, 0.2) is 36.5 Å². The second-order valence-corrected chi connectivity index (χ2v) is 5.22. The predicted molar refractivity (Wildman–Crippen MR) is 77.8 cm³/mol. The summed E-state index contributed by atoms with van der Waals surface area (Å²) >= 11 is 6.09. The number of carboxylic acid groups (broad SMARTS) is 1. The molecule has 0 aliphatic heterocycles. The molecule has 4 nitrogen and oxygen atoms in total. The molecule has 0 fully saturated rings. The van der Waals surface area contributed by atoms with Gasteiger partial charge in [-0.2, -0.15) is 5.10 Å². The van der Waals surface area contributed by atoms with E-state index in [-0.39, 0.29) is 0 Å². The maximum absolute atomic E-state index is 11.4. The van der Waals surface area contributed by atoms with E-state index < -0.39 is 11.9 Å². The number of carboxylic acids is 1. The number of carbonyl (C=O) groups is 1. The van der Waals surface area contributed by atoms with E-state index in [9.17, 15) is 9.90 Å². The minimum Gasteiger partial charge on any atom is -0.481 e. The molecule has 1 aromatic carbocycles. The molecule has 1 unspecified atom stereocenters. The van der Waals surface area contributed by atoms with Gasteiger partial charge in [0.2, 0.25) is 0 Å². The third kappa shape index (κ3) is 3.61. The molecule has 0 saturated heterocycles. The van der Waals surface area contributed by atoms with Gasteiger partial charge < -0.3 is 5.11 Å². The van der Waals surface area contributed by atoms with Crippen LogP contribution in [0.25, 0.3) is 0 Å². The quantitative estimate of drug-likeness (QED) is 0.890. The zero-order valence-electron chi connectivity index (χ0n) is 11.3. The van der Waals surface area contributed by atoms with Gasteiger partial charge in [0.1, 0.15) is 0 Å². The molecule has 0 spiro atoms. The maximum atomic E-state index is 11.4. The average Bonchev–Trinajstić information content (AvgIpc) is 2.82. The highest BCUT2D eigenvalue weighted by Gasteiger charge is 2.19. The number of nitrogens with zero attached hydrogens (tertiary/aromatic N) is 2. The normalized spacial score (nSPS) is 12.3. The summed E-state index contributed by atoms with van der Waals surface area (Å²) in [6.07, 6.45) is 3.43. The van der Waals surface area contributed by atoms with Crippen molar-refractivity contribution in [2.75, 3.05) is 0 Å². The van der Waals surface area contributed by atoms with Gasteiger partial charge in [-0.25, -0.2) is 0 Å². The lowest BCUT2D eigenvalue weighted by Crippen LogP contribution is -2.18. The van der Waals surface area contributed by atoms with Crippen molar-refractivity contribution in [1.29, 1.82) is 0 Å². The summed E-state index contributed by atoms with van der Waals surface area (Å²) in [5.74, 6) is -1.23. The molecule has 106 valence electrons. The Labute approximate surface area is 123 Å². The van der Waals surface area contributed by atoms with Crippen molar-refractivity contribution < 1.29 is 9.90 Å². The number of hydrogen-bond acceptors (Lipinski definition) is 2. The van der Waals surface area contributed by atoms with Crippen LogP contribution >= 0.6 is 11.6 Å². The van der Waals surface area contributed by atoms with Crippen LogP contribution in [0.2, 0.25) is 5.02 Å². The van der Waals surface area contributed by atoms with E-state index in [4.69, 9.17) is 11.6 Å². The standard InChI is InChI=1S/C15H17ClN2O2/c1-18-13(8-9-17-18)7-6-12(15(19)20)10-11-4-2-3-5-14(11)16/h2-5,8-9,12H,6-7,10H2,1H3,(H,19,20). The fourth-order valence-corrected chi connectivity index (χ4v) is 2.42. The first kappa shape index (κ1) is 14.6. The summed E-state index contributed by atoms with van der Waals surface area (Å²) in [6.45, 7) is 0. The Morgan fingerprint density at radius 2 is 2.15 bits per heavy atom. The first-order chi connectivity index (χ1) is 9.58. The van der Waals surface area contributed by atoms with Crippen molar-refractivity contribution in [3.8, 4) is 0 Å². The summed E-state index contributed by atoms with van der Waals surface area (Å²) < 4.78 is 1.77. The monoisotopic (exact) mass is 292 g/mol. The molecule has 0 radical (unpaired) electrons. The second kappa shape index (κ2) is 6.57. The van der Waals surface area contributed by atoms with Crippen molar-refractivity contribution in [2.24, 2.45) is 13.0 Å². The Hall–Kier alpha value is -1.81. The largest absolute Gasteiger partial charge is 0.481 e. The Bertz CT molecular complexity index is 595. The molecular formula is C15H17ClN2O2.